The Bertz CT molecular complexity index is 1070. The molecule has 2 heterocycles. The summed E-state index contributed by atoms with van der Waals surface area (Å²) in [5, 5.41) is 8.68. The van der Waals surface area contributed by atoms with Crippen LogP contribution in [-0.4, -0.2) is 52.6 Å². The number of rotatable bonds is 6. The number of anilines is 1. The van der Waals surface area contributed by atoms with Crippen molar-refractivity contribution in [2.24, 2.45) is 0 Å². The molecule has 0 radical (unpaired) electrons. The molecular formula is C22H29N6OS+. The van der Waals surface area contributed by atoms with E-state index in [0.717, 1.165) is 49.8 Å². The number of quaternary nitrogens is 1. The minimum atomic E-state index is 0.639. The summed E-state index contributed by atoms with van der Waals surface area (Å²) in [4.78, 5) is 3.85. The van der Waals surface area contributed by atoms with Gasteiger partial charge in [-0.3, -0.25) is 0 Å². The quantitative estimate of drug-likeness (QED) is 0.614. The van der Waals surface area contributed by atoms with Gasteiger partial charge in [0.1, 0.15) is 5.75 Å². The fourth-order valence-corrected chi connectivity index (χ4v) is 4.14. The van der Waals surface area contributed by atoms with E-state index in [0.29, 0.717) is 11.4 Å². The van der Waals surface area contributed by atoms with Gasteiger partial charge in [-0.2, -0.15) is 9.36 Å². The number of nitrogens with zero attached hydrogens (tertiary/aromatic N) is 5. The Morgan fingerprint density at radius 2 is 1.80 bits per heavy atom. The smallest absolute Gasteiger partial charge is 0.225 e. The lowest BCUT2D eigenvalue weighted by molar-refractivity contribution is -0.924. The maximum absolute atomic E-state index is 5.80. The van der Waals surface area contributed by atoms with Crippen molar-refractivity contribution >= 4 is 17.9 Å². The lowest BCUT2D eigenvalue weighted by Crippen LogP contribution is -3.14. The number of piperazine rings is 1. The SMILES string of the molecule is CCOc1ccccc1N1CC[NH+](Cn2nnn(-c3cc(C)ccc3C)c2=S)CC1. The van der Waals surface area contributed by atoms with Crippen LogP contribution in [0.2, 0.25) is 0 Å². The largest absolute Gasteiger partial charge is 0.492 e. The molecule has 1 saturated heterocycles. The number of hydrogen-bond donors (Lipinski definition) is 1. The Morgan fingerprint density at radius 1 is 1.03 bits per heavy atom. The van der Waals surface area contributed by atoms with Crippen LogP contribution in [0.4, 0.5) is 5.69 Å². The van der Waals surface area contributed by atoms with Gasteiger partial charge in [0.05, 0.1) is 44.2 Å². The molecule has 0 unspecified atom stereocenters. The summed E-state index contributed by atoms with van der Waals surface area (Å²) in [6.45, 7) is 11.5. The zero-order valence-electron chi connectivity index (χ0n) is 17.8. The molecule has 0 spiro atoms. The molecule has 7 nitrogen and oxygen atoms in total. The van der Waals surface area contributed by atoms with E-state index in [1.165, 1.54) is 16.2 Å². The highest BCUT2D eigenvalue weighted by molar-refractivity contribution is 7.71. The van der Waals surface area contributed by atoms with Crippen molar-refractivity contribution in [2.75, 3.05) is 37.7 Å². The average molecular weight is 426 g/mol. The molecule has 1 aliphatic heterocycles. The first-order valence-electron chi connectivity index (χ1n) is 10.5. The first kappa shape index (κ1) is 20.6. The Balaban J connectivity index is 1.44. The van der Waals surface area contributed by atoms with Crippen molar-refractivity contribution in [3.63, 3.8) is 0 Å². The van der Waals surface area contributed by atoms with Crippen molar-refractivity contribution in [1.29, 1.82) is 0 Å². The molecule has 8 heteroatoms. The third-order valence-corrected chi connectivity index (χ3v) is 5.97. The number of nitrogens with one attached hydrogen (secondary N) is 1. The number of para-hydroxylation sites is 2. The summed E-state index contributed by atoms with van der Waals surface area (Å²) in [5.74, 6) is 0.960. The van der Waals surface area contributed by atoms with Crippen LogP contribution in [0.25, 0.3) is 5.69 Å². The van der Waals surface area contributed by atoms with Gasteiger partial charge >= 0.3 is 0 Å². The summed E-state index contributed by atoms with van der Waals surface area (Å²) < 4.78 is 10.1. The lowest BCUT2D eigenvalue weighted by atomic mass is 10.1. The van der Waals surface area contributed by atoms with Gasteiger partial charge < -0.3 is 14.5 Å². The molecule has 158 valence electrons. The summed E-state index contributed by atoms with van der Waals surface area (Å²) in [6, 6.07) is 14.6. The van der Waals surface area contributed by atoms with Gasteiger partial charge in [0.25, 0.3) is 0 Å². The Hall–Kier alpha value is -2.71. The van der Waals surface area contributed by atoms with Gasteiger partial charge in [-0.05, 0) is 72.7 Å². The fourth-order valence-electron chi connectivity index (χ4n) is 3.90. The van der Waals surface area contributed by atoms with Crippen molar-refractivity contribution in [3.8, 4) is 11.4 Å². The number of ether oxygens (including phenoxy) is 1. The van der Waals surface area contributed by atoms with Gasteiger partial charge in [0.2, 0.25) is 4.77 Å². The molecule has 3 aromatic rings. The first-order valence-corrected chi connectivity index (χ1v) is 10.9. The number of aromatic nitrogens is 4. The predicted octanol–water partition coefficient (Wildman–Crippen LogP) is 2.18. The monoisotopic (exact) mass is 425 g/mol. The van der Waals surface area contributed by atoms with Crippen molar-refractivity contribution in [3.05, 3.63) is 58.4 Å². The molecule has 0 atom stereocenters. The normalized spacial score (nSPS) is 14.8. The number of hydrogen-bond acceptors (Lipinski definition) is 5. The highest BCUT2D eigenvalue weighted by Gasteiger charge is 2.23. The number of tetrazole rings is 1. The lowest BCUT2D eigenvalue weighted by Gasteiger charge is -2.34. The van der Waals surface area contributed by atoms with Gasteiger partial charge in [0.15, 0.2) is 6.67 Å². The van der Waals surface area contributed by atoms with Crippen LogP contribution in [0, 0.1) is 18.6 Å². The van der Waals surface area contributed by atoms with E-state index in [1.807, 2.05) is 23.7 Å². The molecule has 0 aliphatic carbocycles. The minimum absolute atomic E-state index is 0.639. The van der Waals surface area contributed by atoms with Crippen LogP contribution in [0.1, 0.15) is 18.1 Å². The summed E-state index contributed by atoms with van der Waals surface area (Å²) in [7, 11) is 0. The zero-order valence-corrected chi connectivity index (χ0v) is 18.7. The molecule has 4 rings (SSSR count). The minimum Gasteiger partial charge on any atom is -0.492 e. The molecule has 1 fully saturated rings. The third-order valence-electron chi connectivity index (χ3n) is 5.58. The zero-order chi connectivity index (χ0) is 21.1. The van der Waals surface area contributed by atoms with Crippen LogP contribution in [0.15, 0.2) is 42.5 Å². The van der Waals surface area contributed by atoms with E-state index in [1.54, 1.807) is 4.68 Å². The molecule has 30 heavy (non-hydrogen) atoms. The van der Waals surface area contributed by atoms with Gasteiger partial charge in [-0.15, -0.1) is 0 Å². The van der Waals surface area contributed by atoms with Crippen molar-refractivity contribution < 1.29 is 9.64 Å². The third kappa shape index (κ3) is 4.24. The number of aryl methyl sites for hydroxylation is 2. The highest BCUT2D eigenvalue weighted by atomic mass is 32.1. The Labute approximate surface area is 182 Å². The molecule has 0 saturated carbocycles. The second-order valence-electron chi connectivity index (χ2n) is 7.76. The van der Waals surface area contributed by atoms with Crippen LogP contribution in [0.5, 0.6) is 5.75 Å². The maximum atomic E-state index is 5.80. The van der Waals surface area contributed by atoms with E-state index >= 15 is 0 Å². The molecule has 1 aliphatic rings. The molecule has 2 aromatic carbocycles. The first-order chi connectivity index (χ1) is 14.6. The molecule has 0 bridgehead atoms. The van der Waals surface area contributed by atoms with Gasteiger partial charge in [-0.25, -0.2) is 0 Å². The standard InChI is InChI=1S/C22H28N6OS/c1-4-29-21-8-6-5-7-19(21)26-13-11-25(12-14-26)16-27-22(30)28(24-23-27)20-15-17(2)9-10-18(20)3/h5-10,15H,4,11-14,16H2,1-3H3/p+1. The summed E-state index contributed by atoms with van der Waals surface area (Å²) in [5.41, 5.74) is 4.49. The van der Waals surface area contributed by atoms with Gasteiger partial charge in [-0.1, -0.05) is 24.3 Å². The molecule has 0 amide bonds. The van der Waals surface area contributed by atoms with Crippen LogP contribution >= 0.6 is 12.2 Å². The Morgan fingerprint density at radius 3 is 2.57 bits per heavy atom. The fraction of sp³-hybridized carbons (Fsp3) is 0.409. The Kier molecular flexibility index (Phi) is 6.15. The van der Waals surface area contributed by atoms with Crippen molar-refractivity contribution in [1.82, 2.24) is 19.8 Å². The molecule has 1 N–H and O–H groups in total. The van der Waals surface area contributed by atoms with E-state index in [2.05, 4.69) is 59.5 Å². The van der Waals surface area contributed by atoms with Gasteiger partial charge in [0, 0.05) is 0 Å². The second-order valence-corrected chi connectivity index (χ2v) is 8.12. The summed E-state index contributed by atoms with van der Waals surface area (Å²) in [6.07, 6.45) is 0. The van der Waals surface area contributed by atoms with E-state index in [9.17, 15) is 0 Å². The summed E-state index contributed by atoms with van der Waals surface area (Å²) >= 11 is 5.69. The highest BCUT2D eigenvalue weighted by Crippen LogP contribution is 2.27. The van der Waals surface area contributed by atoms with E-state index in [4.69, 9.17) is 17.0 Å². The molecular weight excluding hydrogens is 396 g/mol. The maximum Gasteiger partial charge on any atom is 0.225 e. The van der Waals surface area contributed by atoms with Crippen LogP contribution in [-0.2, 0) is 6.67 Å². The topological polar surface area (TPSA) is 52.6 Å². The van der Waals surface area contributed by atoms with E-state index in [-0.39, 0.29) is 0 Å². The second kappa shape index (κ2) is 8.97. The number of benzene rings is 2. The molecule has 1 aromatic heterocycles. The predicted molar refractivity (Wildman–Crippen MR) is 120 cm³/mol. The van der Waals surface area contributed by atoms with Crippen LogP contribution < -0.4 is 14.5 Å². The van der Waals surface area contributed by atoms with Crippen LogP contribution in [0.3, 0.4) is 0 Å². The van der Waals surface area contributed by atoms with E-state index < -0.39 is 0 Å². The van der Waals surface area contributed by atoms with Crippen molar-refractivity contribution in [2.45, 2.75) is 27.4 Å². The average Bonchev–Trinajstić information content (AvgIpc) is 3.11.